The molecule has 0 bridgehead atoms. The summed E-state index contributed by atoms with van der Waals surface area (Å²) >= 11 is 0. The van der Waals surface area contributed by atoms with E-state index in [1.54, 1.807) is 25.1 Å². The Hall–Kier alpha value is -3.22. The molecule has 0 saturated carbocycles. The van der Waals surface area contributed by atoms with Crippen molar-refractivity contribution in [2.45, 2.75) is 13.3 Å². The van der Waals surface area contributed by atoms with Crippen LogP contribution in [0.3, 0.4) is 0 Å². The summed E-state index contributed by atoms with van der Waals surface area (Å²) in [4.78, 5) is 35.3. The first-order valence-corrected chi connectivity index (χ1v) is 7.61. The number of halogens is 1. The molecule has 0 aliphatic carbocycles. The second kappa shape index (κ2) is 8.58. The molecule has 2 aromatic carbocycles. The van der Waals surface area contributed by atoms with E-state index < -0.39 is 11.8 Å². The summed E-state index contributed by atoms with van der Waals surface area (Å²) in [5.74, 6) is -1.77. The molecule has 6 nitrogen and oxygen atoms in total. The Labute approximate surface area is 144 Å². The summed E-state index contributed by atoms with van der Waals surface area (Å²) in [7, 11) is 0. The van der Waals surface area contributed by atoms with Crippen LogP contribution >= 0.6 is 0 Å². The predicted molar refractivity (Wildman–Crippen MR) is 89.9 cm³/mol. The highest BCUT2D eigenvalue weighted by Crippen LogP contribution is 2.06. The second-order valence-electron chi connectivity index (χ2n) is 5.40. The van der Waals surface area contributed by atoms with E-state index in [4.69, 9.17) is 0 Å². The molecule has 0 unspecified atom stereocenters. The van der Waals surface area contributed by atoms with Crippen LogP contribution in [0, 0.1) is 12.7 Å². The number of aryl methyl sites for hydroxylation is 1. The van der Waals surface area contributed by atoms with Crippen molar-refractivity contribution in [2.75, 3.05) is 6.54 Å². The highest BCUT2D eigenvalue weighted by Gasteiger charge is 2.10. The Morgan fingerprint density at radius 3 is 2.24 bits per heavy atom. The summed E-state index contributed by atoms with van der Waals surface area (Å²) in [5, 5.41) is 2.48. The standard InChI is InChI=1S/C18H18FN3O3/c1-12-4-2-3-5-15(12)18(25)20-11-17(24)22-21-16(23)10-13-6-8-14(19)9-7-13/h2-9H,10-11H2,1H3,(H,20,25)(H,21,23)(H,22,24). The summed E-state index contributed by atoms with van der Waals surface area (Å²) in [5.41, 5.74) is 6.34. The highest BCUT2D eigenvalue weighted by molar-refractivity contribution is 5.97. The monoisotopic (exact) mass is 343 g/mol. The molecule has 2 rings (SSSR count). The molecule has 130 valence electrons. The molecule has 0 spiro atoms. The molecule has 7 heteroatoms. The molecule has 0 radical (unpaired) electrons. The fourth-order valence-corrected chi connectivity index (χ4v) is 2.10. The molecular formula is C18H18FN3O3. The normalized spacial score (nSPS) is 10.0. The molecule has 3 amide bonds. The topological polar surface area (TPSA) is 87.3 Å². The van der Waals surface area contributed by atoms with Gasteiger partial charge in [0.1, 0.15) is 5.82 Å². The van der Waals surface area contributed by atoms with Gasteiger partial charge >= 0.3 is 0 Å². The van der Waals surface area contributed by atoms with Crippen LogP contribution in [0.2, 0.25) is 0 Å². The maximum absolute atomic E-state index is 12.8. The SMILES string of the molecule is Cc1ccccc1C(=O)NCC(=O)NNC(=O)Cc1ccc(F)cc1. The molecular weight excluding hydrogens is 325 g/mol. The summed E-state index contributed by atoms with van der Waals surface area (Å²) in [6, 6.07) is 12.5. The summed E-state index contributed by atoms with van der Waals surface area (Å²) in [6.07, 6.45) is -0.00384. The van der Waals surface area contributed by atoms with Crippen LogP contribution in [-0.4, -0.2) is 24.3 Å². The second-order valence-corrected chi connectivity index (χ2v) is 5.40. The average Bonchev–Trinajstić information content (AvgIpc) is 2.60. The Bertz CT molecular complexity index is 775. The van der Waals surface area contributed by atoms with Crippen molar-refractivity contribution in [1.82, 2.24) is 16.2 Å². The van der Waals surface area contributed by atoms with Crippen molar-refractivity contribution in [2.24, 2.45) is 0 Å². The van der Waals surface area contributed by atoms with Crippen LogP contribution in [-0.2, 0) is 16.0 Å². The summed E-state index contributed by atoms with van der Waals surface area (Å²) in [6.45, 7) is 1.52. The lowest BCUT2D eigenvalue weighted by Crippen LogP contribution is -2.46. The number of amides is 3. The lowest BCUT2D eigenvalue weighted by Gasteiger charge is -2.09. The van der Waals surface area contributed by atoms with E-state index >= 15 is 0 Å². The average molecular weight is 343 g/mol. The van der Waals surface area contributed by atoms with E-state index in [1.165, 1.54) is 24.3 Å². The molecule has 0 aliphatic rings. The van der Waals surface area contributed by atoms with E-state index in [1.807, 2.05) is 6.07 Å². The zero-order valence-corrected chi connectivity index (χ0v) is 13.6. The minimum Gasteiger partial charge on any atom is -0.343 e. The Balaban J connectivity index is 1.73. The van der Waals surface area contributed by atoms with Gasteiger partial charge in [0.2, 0.25) is 5.91 Å². The molecule has 0 heterocycles. The molecule has 0 saturated heterocycles. The maximum Gasteiger partial charge on any atom is 0.257 e. The number of carbonyl (C=O) groups excluding carboxylic acids is 3. The van der Waals surface area contributed by atoms with E-state index in [9.17, 15) is 18.8 Å². The maximum atomic E-state index is 12.8. The largest absolute Gasteiger partial charge is 0.343 e. The molecule has 0 aliphatic heterocycles. The number of hydrazine groups is 1. The van der Waals surface area contributed by atoms with Gasteiger partial charge in [0.15, 0.2) is 0 Å². The first kappa shape index (κ1) is 18.1. The van der Waals surface area contributed by atoms with Crippen LogP contribution in [0.15, 0.2) is 48.5 Å². The van der Waals surface area contributed by atoms with Gasteiger partial charge in [-0.1, -0.05) is 30.3 Å². The predicted octanol–water partition coefficient (Wildman–Crippen LogP) is 1.25. The summed E-state index contributed by atoms with van der Waals surface area (Å²) < 4.78 is 12.8. The Morgan fingerprint density at radius 1 is 0.920 bits per heavy atom. The van der Waals surface area contributed by atoms with Gasteiger partial charge in [-0.25, -0.2) is 4.39 Å². The van der Waals surface area contributed by atoms with Crippen molar-refractivity contribution in [3.05, 3.63) is 71.0 Å². The minimum absolute atomic E-state index is 0.00384. The van der Waals surface area contributed by atoms with Crippen molar-refractivity contribution in [3.8, 4) is 0 Å². The minimum atomic E-state index is -0.561. The quantitative estimate of drug-likeness (QED) is 0.714. The van der Waals surface area contributed by atoms with Crippen LogP contribution in [0.5, 0.6) is 0 Å². The van der Waals surface area contributed by atoms with E-state index in [0.717, 1.165) is 5.56 Å². The van der Waals surface area contributed by atoms with Gasteiger partial charge < -0.3 is 5.32 Å². The third-order valence-corrected chi connectivity index (χ3v) is 3.42. The Morgan fingerprint density at radius 2 is 1.56 bits per heavy atom. The molecule has 0 aromatic heterocycles. The fraction of sp³-hybridized carbons (Fsp3) is 0.167. The number of carbonyl (C=O) groups is 3. The van der Waals surface area contributed by atoms with E-state index in [2.05, 4.69) is 16.2 Å². The smallest absolute Gasteiger partial charge is 0.257 e. The number of rotatable bonds is 5. The third-order valence-electron chi connectivity index (χ3n) is 3.42. The van der Waals surface area contributed by atoms with Crippen LogP contribution in [0.4, 0.5) is 4.39 Å². The zero-order valence-electron chi connectivity index (χ0n) is 13.6. The molecule has 2 aromatic rings. The first-order chi connectivity index (χ1) is 12.0. The highest BCUT2D eigenvalue weighted by atomic mass is 19.1. The number of nitrogens with one attached hydrogen (secondary N) is 3. The van der Waals surface area contributed by atoms with Crippen LogP contribution < -0.4 is 16.2 Å². The molecule has 0 atom stereocenters. The van der Waals surface area contributed by atoms with Crippen molar-refractivity contribution in [3.63, 3.8) is 0 Å². The van der Waals surface area contributed by atoms with E-state index in [0.29, 0.717) is 11.1 Å². The van der Waals surface area contributed by atoms with Crippen molar-refractivity contribution in [1.29, 1.82) is 0 Å². The number of hydrogen-bond donors (Lipinski definition) is 3. The Kier molecular flexibility index (Phi) is 6.22. The molecule has 0 fully saturated rings. The van der Waals surface area contributed by atoms with Gasteiger partial charge in [-0.15, -0.1) is 0 Å². The fourth-order valence-electron chi connectivity index (χ4n) is 2.10. The van der Waals surface area contributed by atoms with Crippen molar-refractivity contribution < 1.29 is 18.8 Å². The molecule has 25 heavy (non-hydrogen) atoms. The van der Waals surface area contributed by atoms with Gasteiger partial charge in [0.05, 0.1) is 13.0 Å². The van der Waals surface area contributed by atoms with Crippen LogP contribution in [0.1, 0.15) is 21.5 Å². The van der Waals surface area contributed by atoms with Gasteiger partial charge in [0, 0.05) is 5.56 Å². The first-order valence-electron chi connectivity index (χ1n) is 7.61. The number of hydrogen-bond acceptors (Lipinski definition) is 3. The number of benzene rings is 2. The van der Waals surface area contributed by atoms with Gasteiger partial charge in [-0.3, -0.25) is 25.2 Å². The van der Waals surface area contributed by atoms with Crippen LogP contribution in [0.25, 0.3) is 0 Å². The van der Waals surface area contributed by atoms with Gasteiger partial charge in [-0.2, -0.15) is 0 Å². The molecule has 3 N–H and O–H groups in total. The van der Waals surface area contributed by atoms with E-state index in [-0.39, 0.29) is 24.7 Å². The lowest BCUT2D eigenvalue weighted by molar-refractivity contribution is -0.128. The zero-order chi connectivity index (χ0) is 18.2. The van der Waals surface area contributed by atoms with Crippen molar-refractivity contribution >= 4 is 17.7 Å². The lowest BCUT2D eigenvalue weighted by atomic mass is 10.1. The van der Waals surface area contributed by atoms with Gasteiger partial charge in [-0.05, 0) is 36.2 Å². The third kappa shape index (κ3) is 5.72. The van der Waals surface area contributed by atoms with Gasteiger partial charge in [0.25, 0.3) is 11.8 Å².